The van der Waals surface area contributed by atoms with Gasteiger partial charge in [-0.2, -0.15) is 5.10 Å². The molecular formula is C20H17Br2N3O5. The highest BCUT2D eigenvalue weighted by molar-refractivity contribution is 9.10. The fourth-order valence-corrected chi connectivity index (χ4v) is 3.57. The average molecular weight is 539 g/mol. The van der Waals surface area contributed by atoms with E-state index in [2.05, 4.69) is 52.1 Å². The second-order valence-electron chi connectivity index (χ2n) is 5.97. The number of esters is 1. The highest BCUT2D eigenvalue weighted by Gasteiger charge is 2.26. The summed E-state index contributed by atoms with van der Waals surface area (Å²) in [5, 5.41) is 10.9. The van der Waals surface area contributed by atoms with Crippen LogP contribution in [0.25, 0.3) is 0 Å². The van der Waals surface area contributed by atoms with Crippen molar-refractivity contribution in [3.63, 3.8) is 0 Å². The van der Waals surface area contributed by atoms with E-state index in [1.165, 1.54) is 13.3 Å². The second kappa shape index (κ2) is 9.86. The highest BCUT2D eigenvalue weighted by Crippen LogP contribution is 2.36. The fraction of sp³-hybridized carbons (Fsp3) is 0.200. The first kappa shape index (κ1) is 22.0. The van der Waals surface area contributed by atoms with E-state index in [-0.39, 0.29) is 18.2 Å². The molecule has 30 heavy (non-hydrogen) atoms. The molecule has 1 N–H and O–H groups in total. The van der Waals surface area contributed by atoms with Gasteiger partial charge >= 0.3 is 5.97 Å². The summed E-state index contributed by atoms with van der Waals surface area (Å²) in [4.78, 5) is 23.5. The number of carbonyl (C=O) groups is 2. The Labute approximate surface area is 189 Å². The van der Waals surface area contributed by atoms with Crippen LogP contribution < -0.4 is 14.8 Å². The Kier molecular flexibility index (Phi) is 7.22. The maximum Gasteiger partial charge on any atom is 0.343 e. The molecule has 2 aromatic rings. The molecule has 156 valence electrons. The van der Waals surface area contributed by atoms with Crippen LogP contribution in [0.4, 0.5) is 5.69 Å². The predicted molar refractivity (Wildman–Crippen MR) is 120 cm³/mol. The lowest BCUT2D eigenvalue weighted by Crippen LogP contribution is -2.14. The van der Waals surface area contributed by atoms with E-state index in [9.17, 15) is 9.59 Å². The number of fused-ring (bicyclic) bond motifs is 1. The number of nitrogens with zero attached hydrogens (tertiary/aromatic N) is 2. The molecule has 1 aliphatic heterocycles. The van der Waals surface area contributed by atoms with Crippen LogP contribution in [0.3, 0.4) is 0 Å². The Bertz CT molecular complexity index is 1050. The number of hydrogen-bond donors (Lipinski definition) is 1. The molecule has 0 bridgehead atoms. The van der Waals surface area contributed by atoms with Crippen molar-refractivity contribution in [1.29, 1.82) is 0 Å². The largest absolute Gasteiger partial charge is 0.490 e. The number of amides is 1. The standard InChI is InChI=1S/C20H17Br2N3O5/c1-3-29-16-7-11(6-14(22)19(16)30-10-17(26)28-2)9-23-25-18-13-8-12(21)4-5-15(13)24-20(18)27/h4-9H,3,10H2,1-2H3,(H,24,25,27)/b23-9+. The minimum absolute atomic E-state index is 0.227. The van der Waals surface area contributed by atoms with E-state index in [0.29, 0.717) is 39.4 Å². The van der Waals surface area contributed by atoms with Gasteiger partial charge in [-0.15, -0.1) is 5.10 Å². The molecule has 2 aromatic carbocycles. The molecule has 0 radical (unpaired) electrons. The van der Waals surface area contributed by atoms with E-state index in [0.717, 1.165) is 4.47 Å². The Morgan fingerprint density at radius 1 is 1.20 bits per heavy atom. The monoisotopic (exact) mass is 537 g/mol. The molecule has 0 aromatic heterocycles. The molecule has 1 amide bonds. The summed E-state index contributed by atoms with van der Waals surface area (Å²) < 4.78 is 17.1. The summed E-state index contributed by atoms with van der Waals surface area (Å²) >= 11 is 6.80. The Morgan fingerprint density at radius 3 is 2.73 bits per heavy atom. The molecule has 0 fully saturated rings. The molecule has 1 heterocycles. The van der Waals surface area contributed by atoms with Crippen LogP contribution in [0.5, 0.6) is 11.5 Å². The second-order valence-corrected chi connectivity index (χ2v) is 7.74. The summed E-state index contributed by atoms with van der Waals surface area (Å²) in [5.41, 5.74) is 2.25. The first-order chi connectivity index (χ1) is 14.4. The van der Waals surface area contributed by atoms with Crippen molar-refractivity contribution in [3.05, 3.63) is 50.4 Å². The average Bonchev–Trinajstić information content (AvgIpc) is 3.02. The Morgan fingerprint density at radius 2 is 2.00 bits per heavy atom. The van der Waals surface area contributed by atoms with Crippen molar-refractivity contribution < 1.29 is 23.8 Å². The molecule has 0 unspecified atom stereocenters. The molecule has 10 heteroatoms. The first-order valence-corrected chi connectivity index (χ1v) is 10.4. The van der Waals surface area contributed by atoms with E-state index < -0.39 is 5.97 Å². The Balaban J connectivity index is 1.85. The summed E-state index contributed by atoms with van der Waals surface area (Å²) in [6.07, 6.45) is 1.49. The maximum absolute atomic E-state index is 12.2. The van der Waals surface area contributed by atoms with Crippen LogP contribution in [0.15, 0.2) is 49.5 Å². The van der Waals surface area contributed by atoms with Gasteiger partial charge in [0.2, 0.25) is 0 Å². The third-order valence-corrected chi connectivity index (χ3v) is 5.04. The smallest absolute Gasteiger partial charge is 0.343 e. The molecule has 1 aliphatic rings. The number of carbonyl (C=O) groups excluding carboxylic acids is 2. The SMILES string of the molecule is CCOc1cc(/C=N/N=C2\C(=O)Nc3ccc(Br)cc32)cc(Br)c1OCC(=O)OC. The van der Waals surface area contributed by atoms with Gasteiger partial charge in [0.1, 0.15) is 0 Å². The third kappa shape index (κ3) is 5.06. The van der Waals surface area contributed by atoms with Crippen LogP contribution in [-0.2, 0) is 14.3 Å². The zero-order valence-corrected chi connectivity index (χ0v) is 19.2. The number of benzene rings is 2. The number of ether oxygens (including phenoxy) is 3. The van der Waals surface area contributed by atoms with Gasteiger partial charge in [-0.3, -0.25) is 4.79 Å². The van der Waals surface area contributed by atoms with Crippen molar-refractivity contribution in [1.82, 2.24) is 0 Å². The lowest BCUT2D eigenvalue weighted by atomic mass is 10.1. The molecular weight excluding hydrogens is 522 g/mol. The van der Waals surface area contributed by atoms with Gasteiger partial charge in [-0.1, -0.05) is 15.9 Å². The highest BCUT2D eigenvalue weighted by atomic mass is 79.9. The van der Waals surface area contributed by atoms with Crippen LogP contribution in [0, 0.1) is 0 Å². The van der Waals surface area contributed by atoms with Crippen LogP contribution >= 0.6 is 31.9 Å². The van der Waals surface area contributed by atoms with E-state index >= 15 is 0 Å². The van der Waals surface area contributed by atoms with Crippen molar-refractivity contribution >= 4 is 61.4 Å². The molecule has 0 saturated heterocycles. The van der Waals surface area contributed by atoms with Crippen LogP contribution in [0.2, 0.25) is 0 Å². The van der Waals surface area contributed by atoms with E-state index in [1.807, 2.05) is 13.0 Å². The Hall–Kier alpha value is -2.72. The summed E-state index contributed by atoms with van der Waals surface area (Å²) in [7, 11) is 1.28. The lowest BCUT2D eigenvalue weighted by Gasteiger charge is -2.13. The number of anilines is 1. The number of methoxy groups -OCH3 is 1. The van der Waals surface area contributed by atoms with Crippen molar-refractivity contribution in [2.24, 2.45) is 10.2 Å². The molecule has 3 rings (SSSR count). The van der Waals surface area contributed by atoms with E-state index in [1.54, 1.807) is 24.3 Å². The molecule has 0 atom stereocenters. The first-order valence-electron chi connectivity index (χ1n) is 8.81. The topological polar surface area (TPSA) is 98.6 Å². The molecule has 0 saturated carbocycles. The number of nitrogens with one attached hydrogen (secondary N) is 1. The van der Waals surface area contributed by atoms with Gasteiger partial charge < -0.3 is 19.5 Å². The normalized spacial score (nSPS) is 14.0. The number of halogens is 2. The van der Waals surface area contributed by atoms with Crippen molar-refractivity contribution in [2.75, 3.05) is 25.6 Å². The van der Waals surface area contributed by atoms with Gasteiger partial charge in [-0.25, -0.2) is 4.79 Å². The predicted octanol–water partition coefficient (Wildman–Crippen LogP) is 3.94. The molecule has 0 spiro atoms. The molecule has 0 aliphatic carbocycles. The minimum atomic E-state index is -0.507. The third-order valence-electron chi connectivity index (χ3n) is 3.96. The minimum Gasteiger partial charge on any atom is -0.490 e. The number of hydrogen-bond acceptors (Lipinski definition) is 7. The maximum atomic E-state index is 12.2. The van der Waals surface area contributed by atoms with E-state index in [4.69, 9.17) is 9.47 Å². The summed E-state index contributed by atoms with van der Waals surface area (Å²) in [5.74, 6) is -0.0204. The van der Waals surface area contributed by atoms with Gasteiger partial charge in [0.25, 0.3) is 5.91 Å². The van der Waals surface area contributed by atoms with Crippen LogP contribution in [-0.4, -0.2) is 44.1 Å². The molecule has 8 nitrogen and oxygen atoms in total. The van der Waals surface area contributed by atoms with Gasteiger partial charge in [0, 0.05) is 10.0 Å². The zero-order chi connectivity index (χ0) is 21.7. The summed E-state index contributed by atoms with van der Waals surface area (Å²) in [6.45, 7) is 1.98. The van der Waals surface area contributed by atoms with Crippen LogP contribution in [0.1, 0.15) is 18.1 Å². The lowest BCUT2D eigenvalue weighted by molar-refractivity contribution is -0.142. The van der Waals surface area contributed by atoms with Crippen molar-refractivity contribution in [3.8, 4) is 11.5 Å². The van der Waals surface area contributed by atoms with Gasteiger partial charge in [0.05, 0.1) is 30.1 Å². The fourth-order valence-electron chi connectivity index (χ4n) is 2.63. The van der Waals surface area contributed by atoms with Crippen molar-refractivity contribution in [2.45, 2.75) is 6.92 Å². The van der Waals surface area contributed by atoms with Gasteiger partial charge in [0.15, 0.2) is 23.8 Å². The quantitative estimate of drug-likeness (QED) is 0.327. The number of rotatable bonds is 7. The summed E-state index contributed by atoms with van der Waals surface area (Å²) in [6, 6.07) is 8.87. The van der Waals surface area contributed by atoms with Gasteiger partial charge in [-0.05, 0) is 58.7 Å². The zero-order valence-electron chi connectivity index (χ0n) is 16.1.